The Morgan fingerprint density at radius 2 is 1.77 bits per heavy atom. The van der Waals surface area contributed by atoms with Crippen molar-refractivity contribution in [3.63, 3.8) is 0 Å². The van der Waals surface area contributed by atoms with Crippen molar-refractivity contribution < 1.29 is 38.0 Å². The maximum Gasteiger partial charge on any atom is 0.442 e. The molecule has 3 unspecified atom stereocenters. The summed E-state index contributed by atoms with van der Waals surface area (Å²) in [6, 6.07) is 8.12. The van der Waals surface area contributed by atoms with Crippen LogP contribution in [0.4, 0.5) is 5.69 Å². The van der Waals surface area contributed by atoms with Crippen molar-refractivity contribution in [1.29, 1.82) is 0 Å². The van der Waals surface area contributed by atoms with E-state index in [1.54, 1.807) is 18.1 Å². The molecule has 4 N–H and O–H groups in total. The third-order valence-electron chi connectivity index (χ3n) is 7.13. The minimum absolute atomic E-state index is 0.0223. The van der Waals surface area contributed by atoms with Gasteiger partial charge in [-0.25, -0.2) is 4.79 Å². The number of aryl methyl sites for hydroxylation is 2. The van der Waals surface area contributed by atoms with Gasteiger partial charge in [0, 0.05) is 31.4 Å². The van der Waals surface area contributed by atoms with Crippen molar-refractivity contribution in [3.8, 4) is 11.4 Å². The zero-order valence-corrected chi connectivity index (χ0v) is 34.6. The number of aliphatic carboxylic acids is 1. The van der Waals surface area contributed by atoms with Crippen LogP contribution in [0.3, 0.4) is 0 Å². The van der Waals surface area contributed by atoms with Crippen LogP contribution in [0.1, 0.15) is 71.9 Å². The number of carboxylic acid groups (broad SMARTS) is 1. The van der Waals surface area contributed by atoms with Crippen LogP contribution in [0, 0.1) is 6.92 Å². The third kappa shape index (κ3) is 14.9. The third-order valence-corrected chi connectivity index (χ3v) is 9.04. The van der Waals surface area contributed by atoms with E-state index in [2.05, 4.69) is 18.1 Å². The Balaban J connectivity index is 0.000000412. The number of nitrogens with zero attached hydrogens (tertiary/aromatic N) is 3. The van der Waals surface area contributed by atoms with Gasteiger partial charge in [0.15, 0.2) is 7.37 Å². The van der Waals surface area contributed by atoms with E-state index in [4.69, 9.17) is 64.4 Å². The Bertz CT molecular complexity index is 1740. The molecule has 0 saturated carbocycles. The predicted molar refractivity (Wildman–Crippen MR) is 208 cm³/mol. The highest BCUT2D eigenvalue weighted by atomic mass is 35.5. The summed E-state index contributed by atoms with van der Waals surface area (Å²) in [4.78, 5) is 44.9. The molecule has 1 heterocycles. The molecule has 0 aliphatic rings. The second kappa shape index (κ2) is 21.1. The summed E-state index contributed by atoms with van der Waals surface area (Å²) in [6.45, 7) is 17.2. The highest BCUT2D eigenvalue weighted by Crippen LogP contribution is 2.36. The molecule has 0 radical (unpaired) electrons. The van der Waals surface area contributed by atoms with E-state index < -0.39 is 25.1 Å². The fourth-order valence-corrected chi connectivity index (χ4v) is 5.97. The lowest BCUT2D eigenvalue weighted by Crippen LogP contribution is -2.43. The van der Waals surface area contributed by atoms with Gasteiger partial charge in [-0.05, 0) is 57.7 Å². The molecular formula is C35H52Cl3N4O9P. The Labute approximate surface area is 320 Å². The normalized spacial score (nSPS) is 13.5. The molecule has 1 amide bonds. The number of amides is 1. The summed E-state index contributed by atoms with van der Waals surface area (Å²) in [5, 5.41) is 13.2. The summed E-state index contributed by atoms with van der Waals surface area (Å²) in [5.41, 5.74) is 8.28. The van der Waals surface area contributed by atoms with Crippen LogP contribution in [-0.2, 0) is 30.7 Å². The van der Waals surface area contributed by atoms with Gasteiger partial charge >= 0.3 is 11.7 Å². The number of hydrogen-bond acceptors (Lipinski definition) is 9. The molecule has 0 fully saturated rings. The SMILES string of the molecule is CC(C)Oc1cc(-n2nc(C(C)(C)C)oc2=O)c(Cl)cc1Cl.CCc1cccc(C)c1N(C(=O)CCl)C(C)COC.CP(=O)(O)CCC(N)C(=O)O. The van der Waals surface area contributed by atoms with E-state index in [0.717, 1.165) is 27.9 Å². The van der Waals surface area contributed by atoms with Crippen LogP contribution in [-0.4, -0.2) is 82.3 Å². The lowest BCUT2D eigenvalue weighted by atomic mass is 9.97. The first kappa shape index (κ1) is 47.1. The fourth-order valence-electron chi connectivity index (χ4n) is 4.58. The number of methoxy groups -OCH3 is 1. The first-order chi connectivity index (χ1) is 24.0. The number of carboxylic acids is 1. The van der Waals surface area contributed by atoms with E-state index in [-0.39, 0.29) is 47.0 Å². The average molecular weight is 810 g/mol. The van der Waals surface area contributed by atoms with Gasteiger partial charge < -0.3 is 34.5 Å². The molecule has 52 heavy (non-hydrogen) atoms. The number of nitrogens with two attached hydrogens (primary N) is 1. The largest absolute Gasteiger partial charge is 0.489 e. The van der Waals surface area contributed by atoms with E-state index in [9.17, 15) is 18.9 Å². The quantitative estimate of drug-likeness (QED) is 0.118. The average Bonchev–Trinajstić information content (AvgIpc) is 3.44. The van der Waals surface area contributed by atoms with Crippen molar-refractivity contribution in [3.05, 3.63) is 67.9 Å². The summed E-state index contributed by atoms with van der Waals surface area (Å²) in [7, 11) is -1.47. The molecule has 0 bridgehead atoms. The number of carbonyl (C=O) groups excluding carboxylic acids is 1. The zero-order chi connectivity index (χ0) is 40.1. The highest BCUT2D eigenvalue weighted by Gasteiger charge is 2.26. The number of alkyl halides is 1. The fraction of sp³-hybridized carbons (Fsp3) is 0.543. The molecule has 0 saturated heterocycles. The van der Waals surface area contributed by atoms with E-state index in [1.165, 1.54) is 12.7 Å². The first-order valence-electron chi connectivity index (χ1n) is 16.5. The number of rotatable bonds is 13. The number of ether oxygens (including phenoxy) is 2. The molecule has 3 aromatic rings. The number of hydrogen-bond donors (Lipinski definition) is 3. The van der Waals surface area contributed by atoms with Crippen LogP contribution in [0.25, 0.3) is 5.69 Å². The maximum absolute atomic E-state index is 12.2. The molecule has 0 aliphatic carbocycles. The molecule has 0 aliphatic heterocycles. The lowest BCUT2D eigenvalue weighted by molar-refractivity contribution is -0.138. The molecule has 0 spiro atoms. The van der Waals surface area contributed by atoms with Gasteiger partial charge in [0.25, 0.3) is 0 Å². The van der Waals surface area contributed by atoms with Gasteiger partial charge in [-0.1, -0.05) is 69.1 Å². The topological polar surface area (TPSA) is 187 Å². The van der Waals surface area contributed by atoms with Crippen LogP contribution in [0.5, 0.6) is 5.75 Å². The van der Waals surface area contributed by atoms with Crippen LogP contribution in [0.2, 0.25) is 10.0 Å². The molecule has 17 heteroatoms. The molecule has 1 aromatic heterocycles. The maximum atomic E-state index is 12.2. The highest BCUT2D eigenvalue weighted by molar-refractivity contribution is 7.57. The minimum atomic E-state index is -3.10. The molecule has 3 atom stereocenters. The monoisotopic (exact) mass is 808 g/mol. The second-order valence-corrected chi connectivity index (χ2v) is 17.0. The zero-order valence-electron chi connectivity index (χ0n) is 31.4. The summed E-state index contributed by atoms with van der Waals surface area (Å²) in [5.74, 6) is -1.10. The van der Waals surface area contributed by atoms with E-state index in [0.29, 0.717) is 29.0 Å². The predicted octanol–water partition coefficient (Wildman–Crippen LogP) is 7.07. The number of para-hydroxylation sites is 1. The van der Waals surface area contributed by atoms with Gasteiger partial charge in [-0.15, -0.1) is 16.7 Å². The Morgan fingerprint density at radius 1 is 1.15 bits per heavy atom. The molecule has 292 valence electrons. The molecule has 3 rings (SSSR count). The number of aromatic nitrogens is 2. The second-order valence-electron chi connectivity index (χ2n) is 13.4. The standard InChI is InChI=1S/C15H18Cl2N2O3.C15H22ClNO2.C5H12NO4P/c1-8(2)21-12-7-11(9(16)6-10(12)17)19-14(20)22-13(18-19)15(3,4)5;1-5-13-8-6-7-11(2)15(13)17(14(18)9-16)12(3)10-19-4;1-11(9,10)3-2-4(6)5(7)8/h6-8H,1-5H3;6-8,12H,5,9-10H2,1-4H3;4H,2-3,6H2,1H3,(H,7,8)(H,9,10). The Hall–Kier alpha value is -2.90. The van der Waals surface area contributed by atoms with Crippen LogP contribution >= 0.6 is 42.2 Å². The Morgan fingerprint density at radius 3 is 2.23 bits per heavy atom. The van der Waals surface area contributed by atoms with Crippen LogP contribution < -0.4 is 21.1 Å². The smallest absolute Gasteiger partial charge is 0.442 e. The lowest BCUT2D eigenvalue weighted by Gasteiger charge is -2.31. The van der Waals surface area contributed by atoms with Gasteiger partial charge in [0.05, 0.1) is 40.2 Å². The van der Waals surface area contributed by atoms with E-state index in [1.807, 2.05) is 60.6 Å². The summed E-state index contributed by atoms with van der Waals surface area (Å²) < 4.78 is 27.8. The Kier molecular flexibility index (Phi) is 19.1. The number of benzene rings is 2. The number of carbonyl (C=O) groups is 2. The van der Waals surface area contributed by atoms with Gasteiger partial charge in [0.1, 0.15) is 17.7 Å². The first-order valence-corrected chi connectivity index (χ1v) is 20.1. The van der Waals surface area contributed by atoms with Gasteiger partial charge in [0.2, 0.25) is 11.8 Å². The number of anilines is 1. The van der Waals surface area contributed by atoms with Crippen molar-refractivity contribution in [2.75, 3.05) is 37.3 Å². The van der Waals surface area contributed by atoms with Gasteiger partial charge in [-0.3, -0.25) is 14.2 Å². The van der Waals surface area contributed by atoms with E-state index >= 15 is 0 Å². The van der Waals surface area contributed by atoms with Gasteiger partial charge in [-0.2, -0.15) is 4.68 Å². The van der Waals surface area contributed by atoms with Crippen molar-refractivity contribution in [2.45, 2.75) is 91.8 Å². The van der Waals surface area contributed by atoms with Crippen molar-refractivity contribution >= 4 is 59.7 Å². The summed E-state index contributed by atoms with van der Waals surface area (Å²) in [6.07, 6.45) is 0.814. The van der Waals surface area contributed by atoms with Crippen LogP contribution in [0.15, 0.2) is 39.5 Å². The van der Waals surface area contributed by atoms with Crippen molar-refractivity contribution in [1.82, 2.24) is 9.78 Å². The molecular weight excluding hydrogens is 758 g/mol. The number of halogens is 3. The molecule has 2 aromatic carbocycles. The minimum Gasteiger partial charge on any atom is -0.489 e. The summed E-state index contributed by atoms with van der Waals surface area (Å²) >= 11 is 18.1. The molecule has 13 nitrogen and oxygen atoms in total. The van der Waals surface area contributed by atoms with Crippen molar-refractivity contribution in [2.24, 2.45) is 5.73 Å².